The first-order valence-electron chi connectivity index (χ1n) is 13.2. The van der Waals surface area contributed by atoms with E-state index in [0.29, 0.717) is 12.1 Å². The van der Waals surface area contributed by atoms with Crippen LogP contribution in [0, 0.1) is 11.6 Å². The van der Waals surface area contributed by atoms with Crippen LogP contribution in [0.2, 0.25) is 0 Å². The fourth-order valence-corrected chi connectivity index (χ4v) is 5.76. The van der Waals surface area contributed by atoms with Gasteiger partial charge in [0.05, 0.1) is 6.04 Å². The summed E-state index contributed by atoms with van der Waals surface area (Å²) in [6.45, 7) is 6.44. The van der Waals surface area contributed by atoms with Crippen molar-refractivity contribution in [3.8, 4) is 5.75 Å². The smallest absolute Gasteiger partial charge is 0.135 e. The van der Waals surface area contributed by atoms with Gasteiger partial charge in [-0.3, -0.25) is 9.80 Å². The lowest BCUT2D eigenvalue weighted by atomic mass is 9.87. The summed E-state index contributed by atoms with van der Waals surface area (Å²) in [5.41, 5.74) is 0.277. The highest BCUT2D eigenvalue weighted by Crippen LogP contribution is 2.44. The number of aromatic nitrogens is 1. The average Bonchev–Trinajstić information content (AvgIpc) is 3.18. The molecule has 5 rings (SSSR count). The molecule has 2 atom stereocenters. The molecule has 4 nitrogen and oxygen atoms in total. The van der Waals surface area contributed by atoms with Gasteiger partial charge in [-0.15, -0.1) is 0 Å². The van der Waals surface area contributed by atoms with Crippen LogP contribution in [0.1, 0.15) is 56.5 Å². The van der Waals surface area contributed by atoms with E-state index in [1.807, 2.05) is 24.3 Å². The molecule has 200 valence electrons. The molecule has 1 saturated heterocycles. The molecule has 1 N–H and O–H groups in total. The Labute approximate surface area is 215 Å². The second-order valence-electron chi connectivity index (χ2n) is 11.0. The number of unbranched alkanes of at least 4 members (excludes halogenated alkanes) is 1. The van der Waals surface area contributed by atoms with Crippen LogP contribution in [0.15, 0.2) is 36.4 Å². The third-order valence-corrected chi connectivity index (χ3v) is 7.48. The number of halogens is 4. The second-order valence-corrected chi connectivity index (χ2v) is 11.0. The first-order valence-corrected chi connectivity index (χ1v) is 13.2. The number of nitrogens with one attached hydrogen (secondary N) is 1. The van der Waals surface area contributed by atoms with Crippen LogP contribution in [-0.4, -0.2) is 65.5 Å². The van der Waals surface area contributed by atoms with Gasteiger partial charge in [0, 0.05) is 60.0 Å². The lowest BCUT2D eigenvalue weighted by Gasteiger charge is -2.43. The van der Waals surface area contributed by atoms with Crippen molar-refractivity contribution < 1.29 is 22.3 Å². The van der Waals surface area contributed by atoms with Gasteiger partial charge >= 0.3 is 0 Å². The minimum absolute atomic E-state index is 0.115. The number of rotatable bonds is 9. The lowest BCUT2D eigenvalue weighted by Crippen LogP contribution is -2.53. The van der Waals surface area contributed by atoms with Crippen LogP contribution in [0.4, 0.5) is 17.6 Å². The van der Waals surface area contributed by atoms with Crippen LogP contribution in [0.25, 0.3) is 10.9 Å². The molecule has 2 aliphatic rings. The molecule has 8 heteroatoms. The van der Waals surface area contributed by atoms with Crippen molar-refractivity contribution in [1.29, 1.82) is 0 Å². The van der Waals surface area contributed by atoms with Crippen molar-refractivity contribution in [1.82, 2.24) is 14.8 Å². The SMILES string of the molecule is CCCCN1CC(Oc2cc(F)c([C@@H]3c4[nH]c5ccccc5c4C[C@@H](CF)N3CC(C)(C)F)c(F)c2)C1. The van der Waals surface area contributed by atoms with Crippen LogP contribution in [-0.2, 0) is 6.42 Å². The van der Waals surface area contributed by atoms with Crippen molar-refractivity contribution >= 4 is 10.9 Å². The third kappa shape index (κ3) is 5.23. The molecular formula is C29H35F4N3O. The van der Waals surface area contributed by atoms with E-state index < -0.39 is 36.1 Å². The summed E-state index contributed by atoms with van der Waals surface area (Å²) >= 11 is 0. The zero-order chi connectivity index (χ0) is 26.3. The zero-order valence-corrected chi connectivity index (χ0v) is 21.7. The molecule has 3 aromatic rings. The van der Waals surface area contributed by atoms with E-state index in [2.05, 4.69) is 16.8 Å². The first-order chi connectivity index (χ1) is 17.7. The number of benzene rings is 2. The van der Waals surface area contributed by atoms with Gasteiger partial charge in [0.25, 0.3) is 0 Å². The topological polar surface area (TPSA) is 31.5 Å². The summed E-state index contributed by atoms with van der Waals surface area (Å²) < 4.78 is 66.6. The Hall–Kier alpha value is -2.58. The average molecular weight is 518 g/mol. The Morgan fingerprint density at radius 3 is 2.46 bits per heavy atom. The van der Waals surface area contributed by atoms with Gasteiger partial charge in [-0.2, -0.15) is 0 Å². The van der Waals surface area contributed by atoms with Gasteiger partial charge in [-0.05, 0) is 44.9 Å². The van der Waals surface area contributed by atoms with Gasteiger partial charge in [0.1, 0.15) is 35.8 Å². The summed E-state index contributed by atoms with van der Waals surface area (Å²) in [6.07, 6.45) is 2.42. The molecule has 0 bridgehead atoms. The van der Waals surface area contributed by atoms with E-state index in [1.54, 1.807) is 4.90 Å². The largest absolute Gasteiger partial charge is 0.488 e. The molecule has 1 fully saturated rings. The van der Waals surface area contributed by atoms with Crippen molar-refractivity contribution in [3.05, 3.63) is 64.9 Å². The van der Waals surface area contributed by atoms with E-state index in [1.165, 1.54) is 26.0 Å². The Kier molecular flexibility index (Phi) is 7.24. The molecule has 3 heterocycles. The van der Waals surface area contributed by atoms with Crippen LogP contribution in [0.3, 0.4) is 0 Å². The molecule has 2 aromatic carbocycles. The third-order valence-electron chi connectivity index (χ3n) is 7.48. The molecule has 0 spiro atoms. The summed E-state index contributed by atoms with van der Waals surface area (Å²) in [5, 5.41) is 0.887. The van der Waals surface area contributed by atoms with Crippen LogP contribution >= 0.6 is 0 Å². The number of ether oxygens (including phenoxy) is 1. The number of fused-ring (bicyclic) bond motifs is 3. The molecule has 2 aliphatic heterocycles. The van der Waals surface area contributed by atoms with E-state index in [0.717, 1.165) is 48.9 Å². The molecule has 0 amide bonds. The monoisotopic (exact) mass is 517 g/mol. The lowest BCUT2D eigenvalue weighted by molar-refractivity contribution is 0.0188. The van der Waals surface area contributed by atoms with Gasteiger partial charge in [-0.1, -0.05) is 31.5 Å². The highest BCUT2D eigenvalue weighted by atomic mass is 19.1. The minimum atomic E-state index is -1.70. The standard InChI is InChI=1S/C29H35F4N3O/c1-4-5-10-35-15-20(16-35)37-19-12-23(31)26(24(32)13-19)28-27-22(21-8-6-7-9-25(21)34-27)11-18(14-30)36(28)17-29(2,3)33/h6-9,12-13,18,20,28,34H,4-5,10-11,14-17H2,1-3H3/t18-,28+/m0/s1. The molecule has 0 saturated carbocycles. The summed E-state index contributed by atoms with van der Waals surface area (Å²) in [7, 11) is 0. The maximum absolute atomic E-state index is 15.7. The van der Waals surface area contributed by atoms with Gasteiger partial charge in [0.15, 0.2) is 0 Å². The van der Waals surface area contributed by atoms with Crippen molar-refractivity contribution in [2.75, 3.05) is 32.9 Å². The van der Waals surface area contributed by atoms with E-state index >= 15 is 8.78 Å². The molecule has 0 unspecified atom stereocenters. The number of H-pyrrole nitrogens is 1. The summed E-state index contributed by atoms with van der Waals surface area (Å²) in [5.74, 6) is -1.44. The molecule has 0 aliphatic carbocycles. The number of hydrogen-bond acceptors (Lipinski definition) is 3. The van der Waals surface area contributed by atoms with Crippen molar-refractivity contribution in [3.63, 3.8) is 0 Å². The van der Waals surface area contributed by atoms with Gasteiger partial charge < -0.3 is 9.72 Å². The zero-order valence-electron chi connectivity index (χ0n) is 21.7. The Morgan fingerprint density at radius 1 is 1.11 bits per heavy atom. The highest BCUT2D eigenvalue weighted by molar-refractivity contribution is 5.85. The van der Waals surface area contributed by atoms with Crippen LogP contribution < -0.4 is 4.74 Å². The Morgan fingerprint density at radius 2 is 1.81 bits per heavy atom. The normalized spacial score (nSPS) is 21.3. The Balaban J connectivity index is 1.51. The Bertz CT molecular complexity index is 1220. The number of aromatic amines is 1. The minimum Gasteiger partial charge on any atom is -0.488 e. The van der Waals surface area contributed by atoms with E-state index in [9.17, 15) is 8.78 Å². The highest BCUT2D eigenvalue weighted by Gasteiger charge is 2.42. The van der Waals surface area contributed by atoms with E-state index in [-0.39, 0.29) is 24.0 Å². The van der Waals surface area contributed by atoms with Crippen molar-refractivity contribution in [2.24, 2.45) is 0 Å². The number of para-hydroxylation sites is 1. The maximum atomic E-state index is 15.7. The fourth-order valence-electron chi connectivity index (χ4n) is 5.76. The fraction of sp³-hybridized carbons (Fsp3) is 0.517. The van der Waals surface area contributed by atoms with E-state index in [4.69, 9.17) is 4.74 Å². The molecular weight excluding hydrogens is 482 g/mol. The number of likely N-dealkylation sites (tertiary alicyclic amines) is 1. The van der Waals surface area contributed by atoms with Crippen molar-refractivity contribution in [2.45, 2.75) is 63.9 Å². The predicted molar refractivity (Wildman–Crippen MR) is 138 cm³/mol. The number of hydrogen-bond donors (Lipinski definition) is 1. The summed E-state index contributed by atoms with van der Waals surface area (Å²) in [6, 6.07) is 8.22. The number of alkyl halides is 2. The maximum Gasteiger partial charge on any atom is 0.135 e. The number of nitrogens with zero attached hydrogens (tertiary/aromatic N) is 2. The van der Waals surface area contributed by atoms with Crippen LogP contribution in [0.5, 0.6) is 5.75 Å². The summed E-state index contributed by atoms with van der Waals surface area (Å²) in [4.78, 5) is 7.13. The molecule has 37 heavy (non-hydrogen) atoms. The first kappa shape index (κ1) is 26.0. The second kappa shape index (κ2) is 10.3. The molecule has 1 aromatic heterocycles. The van der Waals surface area contributed by atoms with Gasteiger partial charge in [0.2, 0.25) is 0 Å². The van der Waals surface area contributed by atoms with Gasteiger partial charge in [-0.25, -0.2) is 17.6 Å². The molecule has 0 radical (unpaired) electrons. The predicted octanol–water partition coefficient (Wildman–Crippen LogP) is 6.34. The quantitative estimate of drug-likeness (QED) is 0.336.